The monoisotopic (exact) mass is 586 g/mol. The van der Waals surface area contributed by atoms with Crippen LogP contribution in [0.4, 0.5) is 0 Å². The van der Waals surface area contributed by atoms with E-state index in [2.05, 4.69) is 150 Å². The highest BCUT2D eigenvalue weighted by Crippen LogP contribution is 2.43. The van der Waals surface area contributed by atoms with E-state index in [1.165, 1.54) is 27.2 Å². The lowest BCUT2D eigenvalue weighted by Crippen LogP contribution is -1.94. The third-order valence-electron chi connectivity index (χ3n) is 9.39. The van der Waals surface area contributed by atoms with Gasteiger partial charge < -0.3 is 8.98 Å². The van der Waals surface area contributed by atoms with Gasteiger partial charge in [0, 0.05) is 54.5 Å². The zero-order valence-corrected chi connectivity index (χ0v) is 24.8. The number of hydrogen-bond donors (Lipinski definition) is 0. The molecule has 10 aromatic rings. The predicted molar refractivity (Wildman–Crippen MR) is 192 cm³/mol. The predicted octanol–water partition coefficient (Wildman–Crippen LogP) is 11.7. The first kappa shape index (κ1) is 25.2. The first-order valence-corrected chi connectivity index (χ1v) is 15.6. The van der Waals surface area contributed by atoms with Crippen LogP contribution in [0.1, 0.15) is 0 Å². The summed E-state index contributed by atoms with van der Waals surface area (Å²) >= 11 is 0. The second-order valence-corrected chi connectivity index (χ2v) is 11.9. The SMILES string of the molecule is c1ccc(-n2c3ccccc3c3c4c(ccc32)c(-c2ccc(-c3cccc5c3oc3ccccc35)cc2)nc2ccccc24)cc1. The minimum absolute atomic E-state index is 0.910. The number of pyridine rings is 1. The molecule has 3 nitrogen and oxygen atoms in total. The fraction of sp³-hybridized carbons (Fsp3) is 0. The molecule has 0 aliphatic carbocycles. The van der Waals surface area contributed by atoms with Gasteiger partial charge in [-0.2, -0.15) is 0 Å². The standard InChI is InChI=1S/C43H26N2O/c1-2-11-29(12-3-1)45-37-19-8-5-15-34(37)41-38(45)26-25-35-40(41)33-14-4-7-18-36(33)44-42(35)28-23-21-27(22-24-28)30-16-10-17-32-31-13-6-9-20-39(31)46-43(30)32/h1-26H. The average molecular weight is 587 g/mol. The van der Waals surface area contributed by atoms with Gasteiger partial charge in [0.05, 0.1) is 22.2 Å². The van der Waals surface area contributed by atoms with E-state index in [1.54, 1.807) is 0 Å². The maximum atomic E-state index is 6.35. The van der Waals surface area contributed by atoms with Crippen molar-refractivity contribution in [2.45, 2.75) is 0 Å². The minimum Gasteiger partial charge on any atom is -0.455 e. The van der Waals surface area contributed by atoms with Gasteiger partial charge in [-0.25, -0.2) is 4.98 Å². The number of aromatic nitrogens is 2. The quantitative estimate of drug-likeness (QED) is 0.193. The van der Waals surface area contributed by atoms with Crippen molar-refractivity contribution in [1.29, 1.82) is 0 Å². The number of hydrogen-bond acceptors (Lipinski definition) is 2. The average Bonchev–Trinajstić information content (AvgIpc) is 3.68. The molecule has 3 aromatic heterocycles. The lowest BCUT2D eigenvalue weighted by atomic mass is 9.95. The molecule has 10 rings (SSSR count). The van der Waals surface area contributed by atoms with Crippen molar-refractivity contribution in [1.82, 2.24) is 9.55 Å². The third kappa shape index (κ3) is 3.57. The van der Waals surface area contributed by atoms with Crippen molar-refractivity contribution in [3.63, 3.8) is 0 Å². The van der Waals surface area contributed by atoms with Gasteiger partial charge >= 0.3 is 0 Å². The highest BCUT2D eigenvalue weighted by Gasteiger charge is 2.19. The number of fused-ring (bicyclic) bond motifs is 10. The Morgan fingerprint density at radius 2 is 1.13 bits per heavy atom. The molecule has 0 saturated carbocycles. The molecule has 0 saturated heterocycles. The summed E-state index contributed by atoms with van der Waals surface area (Å²) in [5.41, 5.74) is 10.6. The Balaban J connectivity index is 1.22. The van der Waals surface area contributed by atoms with Crippen molar-refractivity contribution >= 4 is 65.4 Å². The van der Waals surface area contributed by atoms with Crippen molar-refractivity contribution in [3.05, 3.63) is 158 Å². The Bertz CT molecular complexity index is 2790. The Hall–Kier alpha value is -6.19. The summed E-state index contributed by atoms with van der Waals surface area (Å²) in [7, 11) is 0. The molecule has 0 N–H and O–H groups in total. The molecule has 0 aliphatic heterocycles. The minimum atomic E-state index is 0.910. The van der Waals surface area contributed by atoms with Crippen LogP contribution in [0.5, 0.6) is 0 Å². The second kappa shape index (κ2) is 9.65. The van der Waals surface area contributed by atoms with E-state index in [0.29, 0.717) is 0 Å². The van der Waals surface area contributed by atoms with Gasteiger partial charge in [-0.3, -0.25) is 0 Å². The Morgan fingerprint density at radius 1 is 0.435 bits per heavy atom. The molecular weight excluding hydrogens is 560 g/mol. The van der Waals surface area contributed by atoms with E-state index in [4.69, 9.17) is 9.40 Å². The molecule has 0 radical (unpaired) electrons. The summed E-state index contributed by atoms with van der Waals surface area (Å²) in [5.74, 6) is 0. The summed E-state index contributed by atoms with van der Waals surface area (Å²) < 4.78 is 8.74. The fourth-order valence-electron chi connectivity index (χ4n) is 7.36. The van der Waals surface area contributed by atoms with Crippen LogP contribution in [-0.2, 0) is 0 Å². The second-order valence-electron chi connectivity index (χ2n) is 11.9. The van der Waals surface area contributed by atoms with E-state index >= 15 is 0 Å². The lowest BCUT2D eigenvalue weighted by Gasteiger charge is -2.13. The first-order valence-electron chi connectivity index (χ1n) is 15.6. The molecule has 0 spiro atoms. The van der Waals surface area contributed by atoms with Gasteiger partial charge in [0.1, 0.15) is 11.2 Å². The summed E-state index contributed by atoms with van der Waals surface area (Å²) in [6, 6.07) is 55.9. The molecule has 7 aromatic carbocycles. The van der Waals surface area contributed by atoms with E-state index in [-0.39, 0.29) is 0 Å². The lowest BCUT2D eigenvalue weighted by molar-refractivity contribution is 0.670. The van der Waals surface area contributed by atoms with Crippen LogP contribution >= 0.6 is 0 Å². The summed E-state index contributed by atoms with van der Waals surface area (Å²) in [6.45, 7) is 0. The molecule has 0 bridgehead atoms. The molecule has 0 aliphatic rings. The smallest absolute Gasteiger partial charge is 0.143 e. The van der Waals surface area contributed by atoms with Crippen molar-refractivity contribution in [3.8, 4) is 28.1 Å². The zero-order valence-electron chi connectivity index (χ0n) is 24.8. The van der Waals surface area contributed by atoms with Crippen LogP contribution < -0.4 is 0 Å². The van der Waals surface area contributed by atoms with E-state index in [1.807, 2.05) is 12.1 Å². The molecule has 0 unspecified atom stereocenters. The van der Waals surface area contributed by atoms with Gasteiger partial charge in [0.25, 0.3) is 0 Å². The van der Waals surface area contributed by atoms with Crippen LogP contribution in [-0.4, -0.2) is 9.55 Å². The van der Waals surface area contributed by atoms with Gasteiger partial charge in [-0.15, -0.1) is 0 Å². The Labute approximate surface area is 264 Å². The van der Waals surface area contributed by atoms with E-state index < -0.39 is 0 Å². The van der Waals surface area contributed by atoms with Crippen molar-refractivity contribution in [2.24, 2.45) is 0 Å². The van der Waals surface area contributed by atoms with Gasteiger partial charge in [-0.1, -0.05) is 121 Å². The zero-order chi connectivity index (χ0) is 30.2. The largest absolute Gasteiger partial charge is 0.455 e. The fourth-order valence-corrected chi connectivity index (χ4v) is 7.36. The molecule has 0 fully saturated rings. The third-order valence-corrected chi connectivity index (χ3v) is 9.39. The number of benzene rings is 7. The van der Waals surface area contributed by atoms with Crippen molar-refractivity contribution < 1.29 is 4.42 Å². The van der Waals surface area contributed by atoms with E-state index in [0.717, 1.165) is 66.3 Å². The summed E-state index contributed by atoms with van der Waals surface area (Å²) in [4.78, 5) is 5.28. The van der Waals surface area contributed by atoms with Crippen LogP contribution in [0.2, 0.25) is 0 Å². The topological polar surface area (TPSA) is 31.0 Å². The van der Waals surface area contributed by atoms with Crippen molar-refractivity contribution in [2.75, 3.05) is 0 Å². The first-order chi connectivity index (χ1) is 22.8. The van der Waals surface area contributed by atoms with Gasteiger partial charge in [0.15, 0.2) is 0 Å². The normalized spacial score (nSPS) is 11.9. The summed E-state index contributed by atoms with van der Waals surface area (Å²) in [5, 5.41) is 8.32. The number of para-hydroxylation sites is 5. The highest BCUT2D eigenvalue weighted by molar-refractivity contribution is 6.29. The Kier molecular flexibility index (Phi) is 5.28. The summed E-state index contributed by atoms with van der Waals surface area (Å²) in [6.07, 6.45) is 0. The van der Waals surface area contributed by atoms with Crippen LogP contribution in [0, 0.1) is 0 Å². The van der Waals surface area contributed by atoms with E-state index in [9.17, 15) is 0 Å². The number of nitrogens with zero attached hydrogens (tertiary/aromatic N) is 2. The number of rotatable bonds is 3. The molecule has 0 atom stereocenters. The molecule has 3 heteroatoms. The van der Waals surface area contributed by atoms with Crippen LogP contribution in [0.15, 0.2) is 162 Å². The molecular formula is C43H26N2O. The maximum absolute atomic E-state index is 6.35. The van der Waals surface area contributed by atoms with Gasteiger partial charge in [-0.05, 0) is 42.0 Å². The molecule has 214 valence electrons. The number of furan rings is 1. The molecule has 3 heterocycles. The van der Waals surface area contributed by atoms with Crippen LogP contribution in [0.25, 0.3) is 93.5 Å². The van der Waals surface area contributed by atoms with Gasteiger partial charge in [0.2, 0.25) is 0 Å². The molecule has 46 heavy (non-hydrogen) atoms. The Morgan fingerprint density at radius 3 is 2.00 bits per heavy atom. The maximum Gasteiger partial charge on any atom is 0.143 e. The highest BCUT2D eigenvalue weighted by atomic mass is 16.3. The molecule has 0 amide bonds. The van der Waals surface area contributed by atoms with Crippen LogP contribution in [0.3, 0.4) is 0 Å².